The SMILES string of the molecule is CC(C)(C)OC(=O)NC(CCCNC(=O)OCc1ccccc1)C(=O)N1CCCC1. The van der Waals surface area contributed by atoms with Gasteiger partial charge in [-0.25, -0.2) is 9.59 Å². The summed E-state index contributed by atoms with van der Waals surface area (Å²) in [6.45, 7) is 7.26. The molecule has 1 aliphatic rings. The number of hydrogen-bond donors (Lipinski definition) is 2. The smallest absolute Gasteiger partial charge is 0.408 e. The predicted molar refractivity (Wildman–Crippen MR) is 113 cm³/mol. The van der Waals surface area contributed by atoms with Crippen LogP contribution in [-0.2, 0) is 20.9 Å². The molecule has 0 aliphatic carbocycles. The third-order valence-electron chi connectivity index (χ3n) is 4.56. The van der Waals surface area contributed by atoms with E-state index in [-0.39, 0.29) is 12.5 Å². The predicted octanol–water partition coefficient (Wildman–Crippen LogP) is 3.21. The van der Waals surface area contributed by atoms with Crippen LogP contribution in [0.5, 0.6) is 0 Å². The van der Waals surface area contributed by atoms with Crippen molar-refractivity contribution < 1.29 is 23.9 Å². The lowest BCUT2D eigenvalue weighted by atomic mass is 10.1. The normalized spacial score (nSPS) is 14.7. The summed E-state index contributed by atoms with van der Waals surface area (Å²) in [6, 6.07) is 8.74. The van der Waals surface area contributed by atoms with Crippen LogP contribution in [0.3, 0.4) is 0 Å². The van der Waals surface area contributed by atoms with Crippen LogP contribution in [0.25, 0.3) is 0 Å². The Morgan fingerprint density at radius 3 is 2.37 bits per heavy atom. The van der Waals surface area contributed by atoms with E-state index < -0.39 is 23.8 Å². The molecule has 8 heteroatoms. The Balaban J connectivity index is 1.77. The van der Waals surface area contributed by atoms with Gasteiger partial charge in [-0.2, -0.15) is 0 Å². The van der Waals surface area contributed by atoms with Crippen LogP contribution in [0.4, 0.5) is 9.59 Å². The molecule has 1 aromatic carbocycles. The molecule has 0 radical (unpaired) electrons. The maximum atomic E-state index is 12.8. The highest BCUT2D eigenvalue weighted by Crippen LogP contribution is 2.13. The van der Waals surface area contributed by atoms with Crippen LogP contribution >= 0.6 is 0 Å². The van der Waals surface area contributed by atoms with Crippen LogP contribution in [0.15, 0.2) is 30.3 Å². The molecule has 1 atom stereocenters. The van der Waals surface area contributed by atoms with Gasteiger partial charge in [0.05, 0.1) is 0 Å². The zero-order chi connectivity index (χ0) is 22.0. The fourth-order valence-electron chi connectivity index (χ4n) is 3.14. The molecule has 0 aromatic heterocycles. The number of alkyl carbamates (subject to hydrolysis) is 2. The first kappa shape index (κ1) is 23.5. The molecule has 1 aliphatic heterocycles. The molecule has 8 nitrogen and oxygen atoms in total. The monoisotopic (exact) mass is 419 g/mol. The van der Waals surface area contributed by atoms with Gasteiger partial charge in [0.2, 0.25) is 5.91 Å². The highest BCUT2D eigenvalue weighted by atomic mass is 16.6. The molecular weight excluding hydrogens is 386 g/mol. The van der Waals surface area contributed by atoms with Gasteiger partial charge >= 0.3 is 12.2 Å². The van der Waals surface area contributed by atoms with E-state index >= 15 is 0 Å². The summed E-state index contributed by atoms with van der Waals surface area (Å²) >= 11 is 0. The zero-order valence-corrected chi connectivity index (χ0v) is 18.1. The van der Waals surface area contributed by atoms with Crippen LogP contribution < -0.4 is 10.6 Å². The Morgan fingerprint density at radius 1 is 1.07 bits per heavy atom. The number of rotatable bonds is 8. The van der Waals surface area contributed by atoms with Crippen molar-refractivity contribution in [1.82, 2.24) is 15.5 Å². The van der Waals surface area contributed by atoms with E-state index in [1.807, 2.05) is 30.3 Å². The van der Waals surface area contributed by atoms with Gasteiger partial charge < -0.3 is 25.0 Å². The minimum Gasteiger partial charge on any atom is -0.445 e. The maximum Gasteiger partial charge on any atom is 0.408 e. The summed E-state index contributed by atoms with van der Waals surface area (Å²) in [5.41, 5.74) is 0.264. The van der Waals surface area contributed by atoms with Crippen molar-refractivity contribution >= 4 is 18.1 Å². The molecule has 1 fully saturated rings. The van der Waals surface area contributed by atoms with E-state index in [4.69, 9.17) is 9.47 Å². The van der Waals surface area contributed by atoms with E-state index in [0.29, 0.717) is 32.5 Å². The molecule has 1 unspecified atom stereocenters. The first-order chi connectivity index (χ1) is 14.2. The summed E-state index contributed by atoms with van der Waals surface area (Å²) < 4.78 is 10.5. The molecule has 3 amide bonds. The first-order valence-corrected chi connectivity index (χ1v) is 10.5. The van der Waals surface area contributed by atoms with Crippen molar-refractivity contribution in [3.63, 3.8) is 0 Å². The number of nitrogens with one attached hydrogen (secondary N) is 2. The molecule has 166 valence electrons. The minimum atomic E-state index is -0.680. The molecule has 0 saturated carbocycles. The summed E-state index contributed by atoms with van der Waals surface area (Å²) in [5, 5.41) is 5.37. The van der Waals surface area contributed by atoms with E-state index in [1.165, 1.54) is 0 Å². The summed E-state index contributed by atoms with van der Waals surface area (Å²) in [5.74, 6) is -0.106. The summed E-state index contributed by atoms with van der Waals surface area (Å²) in [6.07, 6.45) is 1.73. The third kappa shape index (κ3) is 8.71. The highest BCUT2D eigenvalue weighted by molar-refractivity contribution is 5.85. The standard InChI is InChI=1S/C22H33N3O5/c1-22(2,3)30-21(28)24-18(19(26)25-14-7-8-15-25)12-9-13-23-20(27)29-16-17-10-5-4-6-11-17/h4-6,10-11,18H,7-9,12-16H2,1-3H3,(H,23,27)(H,24,28). The molecule has 2 rings (SSSR count). The quantitative estimate of drug-likeness (QED) is 0.631. The van der Waals surface area contributed by atoms with Gasteiger partial charge in [0.15, 0.2) is 0 Å². The molecule has 2 N–H and O–H groups in total. The van der Waals surface area contributed by atoms with Crippen molar-refractivity contribution in [2.75, 3.05) is 19.6 Å². The van der Waals surface area contributed by atoms with E-state index in [2.05, 4.69) is 10.6 Å². The average molecular weight is 420 g/mol. The number of benzene rings is 1. The fraction of sp³-hybridized carbons (Fsp3) is 0.591. The van der Waals surface area contributed by atoms with E-state index in [9.17, 15) is 14.4 Å². The molecule has 0 bridgehead atoms. The van der Waals surface area contributed by atoms with Gasteiger partial charge in [-0.15, -0.1) is 0 Å². The molecular formula is C22H33N3O5. The lowest BCUT2D eigenvalue weighted by Crippen LogP contribution is -2.49. The average Bonchev–Trinajstić information content (AvgIpc) is 3.22. The van der Waals surface area contributed by atoms with Gasteiger partial charge in [0.25, 0.3) is 0 Å². The summed E-state index contributed by atoms with van der Waals surface area (Å²) in [7, 11) is 0. The van der Waals surface area contributed by atoms with E-state index in [0.717, 1.165) is 18.4 Å². The van der Waals surface area contributed by atoms with E-state index in [1.54, 1.807) is 25.7 Å². The highest BCUT2D eigenvalue weighted by Gasteiger charge is 2.29. The molecule has 0 spiro atoms. The Bertz CT molecular complexity index is 696. The first-order valence-electron chi connectivity index (χ1n) is 10.5. The minimum absolute atomic E-state index is 0.106. The van der Waals surface area contributed by atoms with Gasteiger partial charge in [-0.1, -0.05) is 30.3 Å². The Hall–Kier alpha value is -2.77. The lowest BCUT2D eigenvalue weighted by Gasteiger charge is -2.26. The van der Waals surface area contributed by atoms with Crippen LogP contribution in [0.1, 0.15) is 52.0 Å². The Labute approximate surface area is 178 Å². The molecule has 30 heavy (non-hydrogen) atoms. The Morgan fingerprint density at radius 2 is 1.73 bits per heavy atom. The van der Waals surface area contributed by atoms with Crippen molar-refractivity contribution in [1.29, 1.82) is 0 Å². The number of carbonyl (C=O) groups is 3. The number of hydrogen-bond acceptors (Lipinski definition) is 5. The number of nitrogens with zero attached hydrogens (tertiary/aromatic N) is 1. The van der Waals surface area contributed by atoms with Crippen molar-refractivity contribution in [2.45, 2.75) is 64.7 Å². The number of amides is 3. The van der Waals surface area contributed by atoms with Crippen LogP contribution in [0.2, 0.25) is 0 Å². The second-order valence-corrected chi connectivity index (χ2v) is 8.36. The number of ether oxygens (including phenoxy) is 2. The second kappa shape index (κ2) is 11.4. The fourth-order valence-corrected chi connectivity index (χ4v) is 3.14. The second-order valence-electron chi connectivity index (χ2n) is 8.36. The molecule has 1 saturated heterocycles. The maximum absolute atomic E-state index is 12.8. The van der Waals surface area contributed by atoms with Crippen molar-refractivity contribution in [3.8, 4) is 0 Å². The third-order valence-corrected chi connectivity index (χ3v) is 4.56. The van der Waals surface area contributed by atoms with Gasteiger partial charge in [0, 0.05) is 19.6 Å². The largest absolute Gasteiger partial charge is 0.445 e. The number of likely N-dealkylation sites (tertiary alicyclic amines) is 1. The van der Waals surface area contributed by atoms with Crippen molar-refractivity contribution in [3.05, 3.63) is 35.9 Å². The van der Waals surface area contributed by atoms with Crippen LogP contribution in [-0.4, -0.2) is 54.3 Å². The zero-order valence-electron chi connectivity index (χ0n) is 18.1. The van der Waals surface area contributed by atoms with Gasteiger partial charge in [0.1, 0.15) is 18.2 Å². The lowest BCUT2D eigenvalue weighted by molar-refractivity contribution is -0.132. The number of carbonyl (C=O) groups excluding carboxylic acids is 3. The van der Waals surface area contributed by atoms with Crippen LogP contribution in [0, 0.1) is 0 Å². The van der Waals surface area contributed by atoms with Gasteiger partial charge in [-0.3, -0.25) is 4.79 Å². The van der Waals surface area contributed by atoms with Crippen molar-refractivity contribution in [2.24, 2.45) is 0 Å². The topological polar surface area (TPSA) is 97.0 Å². The summed E-state index contributed by atoms with van der Waals surface area (Å²) in [4.78, 5) is 38.5. The molecule has 1 heterocycles. The van der Waals surface area contributed by atoms with Gasteiger partial charge in [-0.05, 0) is 52.0 Å². The molecule has 1 aromatic rings. The Kier molecular flexibility index (Phi) is 8.95.